The van der Waals surface area contributed by atoms with Crippen LogP contribution in [0, 0.1) is 0 Å². The van der Waals surface area contributed by atoms with Crippen molar-refractivity contribution in [3.05, 3.63) is 64.1 Å². The molecule has 0 saturated carbocycles. The topological polar surface area (TPSA) is 75.4 Å². The SMILES string of the molecule is CCn1nc(C(=O)N(CCO)CCc2ccccc2)ccc1=O. The van der Waals surface area contributed by atoms with Gasteiger partial charge in [-0.15, -0.1) is 0 Å². The summed E-state index contributed by atoms with van der Waals surface area (Å²) in [6.07, 6.45) is 0.694. The van der Waals surface area contributed by atoms with Crippen molar-refractivity contribution in [2.24, 2.45) is 0 Å². The second-order valence-corrected chi connectivity index (χ2v) is 5.12. The predicted molar refractivity (Wildman–Crippen MR) is 87.3 cm³/mol. The van der Waals surface area contributed by atoms with Gasteiger partial charge in [0.1, 0.15) is 5.69 Å². The monoisotopic (exact) mass is 315 g/mol. The van der Waals surface area contributed by atoms with Gasteiger partial charge in [-0.05, 0) is 25.0 Å². The number of aliphatic hydroxyl groups excluding tert-OH is 1. The molecule has 0 unspecified atom stereocenters. The van der Waals surface area contributed by atoms with E-state index in [0.29, 0.717) is 19.5 Å². The minimum atomic E-state index is -0.280. The Kier molecular flexibility index (Phi) is 6.05. The summed E-state index contributed by atoms with van der Waals surface area (Å²) in [7, 11) is 0. The van der Waals surface area contributed by atoms with Crippen LogP contribution < -0.4 is 5.56 Å². The van der Waals surface area contributed by atoms with Gasteiger partial charge in [0, 0.05) is 25.7 Å². The first-order valence-corrected chi connectivity index (χ1v) is 7.68. The highest BCUT2D eigenvalue weighted by Crippen LogP contribution is 2.05. The van der Waals surface area contributed by atoms with E-state index in [9.17, 15) is 14.7 Å². The molecule has 1 heterocycles. The van der Waals surface area contributed by atoms with Gasteiger partial charge in [-0.2, -0.15) is 5.10 Å². The fraction of sp³-hybridized carbons (Fsp3) is 0.353. The van der Waals surface area contributed by atoms with Crippen molar-refractivity contribution in [3.8, 4) is 0 Å². The quantitative estimate of drug-likeness (QED) is 0.825. The Labute approximate surface area is 135 Å². The molecule has 1 N–H and O–H groups in total. The minimum absolute atomic E-state index is 0.117. The summed E-state index contributed by atoms with van der Waals surface area (Å²) in [6.45, 7) is 2.80. The summed E-state index contributed by atoms with van der Waals surface area (Å²) in [5, 5.41) is 13.3. The van der Waals surface area contributed by atoms with Crippen LogP contribution in [0.2, 0.25) is 0 Å². The molecule has 6 heteroatoms. The highest BCUT2D eigenvalue weighted by molar-refractivity contribution is 5.92. The number of hydrogen-bond donors (Lipinski definition) is 1. The lowest BCUT2D eigenvalue weighted by atomic mass is 10.1. The molecular weight excluding hydrogens is 294 g/mol. The summed E-state index contributed by atoms with van der Waals surface area (Å²) in [5.74, 6) is -0.280. The van der Waals surface area contributed by atoms with Gasteiger partial charge in [0.05, 0.1) is 6.61 Å². The zero-order valence-electron chi connectivity index (χ0n) is 13.2. The van der Waals surface area contributed by atoms with Crippen molar-refractivity contribution in [2.45, 2.75) is 19.9 Å². The predicted octanol–water partition coefficient (Wildman–Crippen LogP) is 0.940. The van der Waals surface area contributed by atoms with E-state index in [1.165, 1.54) is 16.8 Å². The van der Waals surface area contributed by atoms with E-state index in [4.69, 9.17) is 0 Å². The van der Waals surface area contributed by atoms with E-state index >= 15 is 0 Å². The molecule has 23 heavy (non-hydrogen) atoms. The van der Waals surface area contributed by atoms with E-state index in [0.717, 1.165) is 5.56 Å². The fourth-order valence-electron chi connectivity index (χ4n) is 2.30. The number of benzene rings is 1. The molecule has 122 valence electrons. The van der Waals surface area contributed by atoms with Gasteiger partial charge in [0.25, 0.3) is 11.5 Å². The summed E-state index contributed by atoms with van der Waals surface area (Å²) in [6, 6.07) is 12.6. The van der Waals surface area contributed by atoms with Crippen LogP contribution in [0.1, 0.15) is 23.0 Å². The Hall–Kier alpha value is -2.47. The Morgan fingerprint density at radius 1 is 1.17 bits per heavy atom. The summed E-state index contributed by atoms with van der Waals surface area (Å²) < 4.78 is 1.25. The maximum Gasteiger partial charge on any atom is 0.274 e. The molecule has 2 rings (SSSR count). The van der Waals surface area contributed by atoms with Crippen LogP contribution >= 0.6 is 0 Å². The van der Waals surface area contributed by atoms with E-state index < -0.39 is 0 Å². The minimum Gasteiger partial charge on any atom is -0.395 e. The molecule has 1 aromatic carbocycles. The molecule has 0 aliphatic carbocycles. The summed E-state index contributed by atoms with van der Waals surface area (Å²) in [5.41, 5.74) is 1.10. The normalized spacial score (nSPS) is 10.5. The number of aliphatic hydroxyl groups is 1. The summed E-state index contributed by atoms with van der Waals surface area (Å²) in [4.78, 5) is 25.7. The molecule has 0 fully saturated rings. The van der Waals surface area contributed by atoms with Crippen LogP contribution in [0.25, 0.3) is 0 Å². The molecule has 0 saturated heterocycles. The standard InChI is InChI=1S/C17H21N3O3/c1-2-20-16(22)9-8-15(18-20)17(23)19(12-13-21)11-10-14-6-4-3-5-7-14/h3-9,21H,2,10-13H2,1H3. The van der Waals surface area contributed by atoms with Gasteiger partial charge in [-0.25, -0.2) is 4.68 Å². The van der Waals surface area contributed by atoms with E-state index in [2.05, 4.69) is 5.10 Å². The molecule has 0 spiro atoms. The number of hydrogen-bond acceptors (Lipinski definition) is 4. The van der Waals surface area contributed by atoms with Gasteiger partial charge in [-0.3, -0.25) is 9.59 Å². The third-order valence-electron chi connectivity index (χ3n) is 3.56. The lowest BCUT2D eigenvalue weighted by molar-refractivity contribution is 0.0715. The third-order valence-corrected chi connectivity index (χ3v) is 3.56. The van der Waals surface area contributed by atoms with E-state index in [1.807, 2.05) is 30.3 Å². The number of nitrogens with zero attached hydrogens (tertiary/aromatic N) is 3. The zero-order valence-corrected chi connectivity index (χ0v) is 13.2. The molecule has 0 atom stereocenters. The summed E-state index contributed by atoms with van der Waals surface area (Å²) >= 11 is 0. The van der Waals surface area contributed by atoms with Gasteiger partial charge in [0.15, 0.2) is 0 Å². The first-order chi connectivity index (χ1) is 11.2. The Morgan fingerprint density at radius 2 is 1.91 bits per heavy atom. The molecule has 0 aliphatic rings. The number of carbonyl (C=O) groups excluding carboxylic acids is 1. The van der Waals surface area contributed by atoms with Crippen LogP contribution in [0.3, 0.4) is 0 Å². The van der Waals surface area contributed by atoms with Gasteiger partial charge in [0.2, 0.25) is 0 Å². The second kappa shape index (κ2) is 8.24. The van der Waals surface area contributed by atoms with Crippen molar-refractivity contribution in [2.75, 3.05) is 19.7 Å². The van der Waals surface area contributed by atoms with Gasteiger partial charge >= 0.3 is 0 Å². The molecule has 0 radical (unpaired) electrons. The molecule has 0 aliphatic heterocycles. The molecular formula is C17H21N3O3. The fourth-order valence-corrected chi connectivity index (χ4v) is 2.30. The number of amides is 1. The molecule has 0 bridgehead atoms. The van der Waals surface area contributed by atoms with Crippen molar-refractivity contribution < 1.29 is 9.90 Å². The Balaban J connectivity index is 2.13. The first kappa shape index (κ1) is 16.9. The van der Waals surface area contributed by atoms with Crippen molar-refractivity contribution in [1.29, 1.82) is 0 Å². The molecule has 1 aromatic heterocycles. The van der Waals surface area contributed by atoms with Crippen LogP contribution in [0.5, 0.6) is 0 Å². The second-order valence-electron chi connectivity index (χ2n) is 5.12. The first-order valence-electron chi connectivity index (χ1n) is 7.68. The van der Waals surface area contributed by atoms with Crippen LogP contribution in [0.4, 0.5) is 0 Å². The number of aryl methyl sites for hydroxylation is 1. The molecule has 1 amide bonds. The van der Waals surface area contributed by atoms with Crippen LogP contribution in [0.15, 0.2) is 47.3 Å². The van der Waals surface area contributed by atoms with E-state index in [-0.39, 0.29) is 30.3 Å². The lowest BCUT2D eigenvalue weighted by Crippen LogP contribution is -2.37. The van der Waals surface area contributed by atoms with Crippen LogP contribution in [-0.4, -0.2) is 45.4 Å². The Morgan fingerprint density at radius 3 is 2.57 bits per heavy atom. The zero-order chi connectivity index (χ0) is 16.7. The van der Waals surface area contributed by atoms with E-state index in [1.54, 1.807) is 11.8 Å². The maximum absolute atomic E-state index is 12.6. The highest BCUT2D eigenvalue weighted by Gasteiger charge is 2.17. The number of carbonyl (C=O) groups is 1. The van der Waals surface area contributed by atoms with Crippen molar-refractivity contribution in [3.63, 3.8) is 0 Å². The highest BCUT2D eigenvalue weighted by atomic mass is 16.3. The largest absolute Gasteiger partial charge is 0.395 e. The third kappa shape index (κ3) is 4.50. The van der Waals surface area contributed by atoms with Gasteiger partial charge in [-0.1, -0.05) is 30.3 Å². The van der Waals surface area contributed by atoms with Crippen LogP contribution in [-0.2, 0) is 13.0 Å². The van der Waals surface area contributed by atoms with Crippen molar-refractivity contribution in [1.82, 2.24) is 14.7 Å². The van der Waals surface area contributed by atoms with Crippen molar-refractivity contribution >= 4 is 5.91 Å². The average Bonchev–Trinajstić information content (AvgIpc) is 2.59. The molecule has 6 nitrogen and oxygen atoms in total. The number of aromatic nitrogens is 2. The molecule has 2 aromatic rings. The average molecular weight is 315 g/mol. The Bertz CT molecular complexity index is 698. The number of rotatable bonds is 7. The maximum atomic E-state index is 12.6. The smallest absolute Gasteiger partial charge is 0.274 e. The lowest BCUT2D eigenvalue weighted by Gasteiger charge is -2.21. The van der Waals surface area contributed by atoms with Gasteiger partial charge < -0.3 is 10.0 Å².